The Morgan fingerprint density at radius 3 is 3.00 bits per heavy atom. The van der Waals surface area contributed by atoms with Crippen LogP contribution in [0.25, 0.3) is 10.9 Å². The van der Waals surface area contributed by atoms with Crippen LogP contribution in [0.1, 0.15) is 34.5 Å². The molecule has 15 heavy (non-hydrogen) atoms. The van der Waals surface area contributed by atoms with Crippen molar-refractivity contribution in [1.29, 1.82) is 0 Å². The minimum Gasteiger partial charge on any atom is -0.352 e. The first-order valence-electron chi connectivity index (χ1n) is 5.40. The zero-order chi connectivity index (χ0) is 10.4. The van der Waals surface area contributed by atoms with E-state index in [1.807, 2.05) is 0 Å². The van der Waals surface area contributed by atoms with Gasteiger partial charge in [-0.1, -0.05) is 11.6 Å². The second kappa shape index (κ2) is 2.96. The largest absolute Gasteiger partial charge is 0.352 e. The molecule has 1 heterocycles. The molecule has 2 nitrogen and oxygen atoms in total. The number of ketones is 1. The van der Waals surface area contributed by atoms with Gasteiger partial charge in [-0.2, -0.15) is 0 Å². The molecule has 1 aromatic heterocycles. The van der Waals surface area contributed by atoms with Crippen molar-refractivity contribution in [3.8, 4) is 0 Å². The van der Waals surface area contributed by atoms with Gasteiger partial charge in [0.25, 0.3) is 0 Å². The van der Waals surface area contributed by atoms with Crippen molar-refractivity contribution in [2.45, 2.75) is 26.2 Å². The fourth-order valence-corrected chi connectivity index (χ4v) is 2.41. The van der Waals surface area contributed by atoms with Gasteiger partial charge in [0.1, 0.15) is 0 Å². The number of hydrogen-bond donors (Lipinski definition) is 1. The molecule has 0 saturated heterocycles. The molecule has 0 bridgehead atoms. The number of carbonyl (C=O) groups is 1. The van der Waals surface area contributed by atoms with E-state index in [4.69, 9.17) is 0 Å². The summed E-state index contributed by atoms with van der Waals surface area (Å²) in [4.78, 5) is 15.0. The van der Waals surface area contributed by atoms with Gasteiger partial charge in [-0.15, -0.1) is 0 Å². The first kappa shape index (κ1) is 8.72. The number of benzene rings is 1. The quantitative estimate of drug-likeness (QED) is 0.695. The van der Waals surface area contributed by atoms with Gasteiger partial charge in [0.15, 0.2) is 5.78 Å². The maximum atomic E-state index is 11.7. The normalized spacial score (nSPS) is 15.7. The van der Waals surface area contributed by atoms with Crippen molar-refractivity contribution in [2.24, 2.45) is 0 Å². The van der Waals surface area contributed by atoms with Crippen LogP contribution in [0, 0.1) is 6.92 Å². The maximum Gasteiger partial charge on any atom is 0.179 e. The Kier molecular flexibility index (Phi) is 1.72. The summed E-state index contributed by atoms with van der Waals surface area (Å²) in [6.07, 6.45) is 2.72. The molecule has 3 rings (SSSR count). The number of H-pyrrole nitrogens is 1. The standard InChI is InChI=1S/C13H13NO/c1-8-5-6-11-10(7-8)9-3-2-4-12(15)13(9)14-11/h5-7,14H,2-4H2,1H3. The molecule has 1 aliphatic rings. The molecule has 0 unspecified atom stereocenters. The highest BCUT2D eigenvalue weighted by atomic mass is 16.1. The third kappa shape index (κ3) is 1.21. The lowest BCUT2D eigenvalue weighted by atomic mass is 9.94. The number of aromatic nitrogens is 1. The van der Waals surface area contributed by atoms with Gasteiger partial charge in [-0.3, -0.25) is 4.79 Å². The Hall–Kier alpha value is -1.57. The number of nitrogens with one attached hydrogen (secondary N) is 1. The van der Waals surface area contributed by atoms with Crippen LogP contribution >= 0.6 is 0 Å². The summed E-state index contributed by atoms with van der Waals surface area (Å²) < 4.78 is 0. The molecule has 1 aliphatic carbocycles. The Balaban J connectivity index is 2.36. The topological polar surface area (TPSA) is 32.9 Å². The van der Waals surface area contributed by atoms with Crippen molar-refractivity contribution in [2.75, 3.05) is 0 Å². The SMILES string of the molecule is Cc1ccc2[nH]c3c(c2c1)CCCC3=O. The van der Waals surface area contributed by atoms with E-state index in [1.54, 1.807) is 0 Å². The number of aryl methyl sites for hydroxylation is 2. The lowest BCUT2D eigenvalue weighted by Crippen LogP contribution is -2.09. The first-order valence-corrected chi connectivity index (χ1v) is 5.40. The molecule has 0 atom stereocenters. The molecule has 1 aromatic carbocycles. The molecule has 76 valence electrons. The van der Waals surface area contributed by atoms with Crippen LogP contribution in [0.5, 0.6) is 0 Å². The van der Waals surface area contributed by atoms with Crippen molar-refractivity contribution in [3.63, 3.8) is 0 Å². The Bertz CT molecular complexity index is 551. The molecule has 0 fully saturated rings. The second-order valence-electron chi connectivity index (χ2n) is 4.30. The highest BCUT2D eigenvalue weighted by molar-refractivity contribution is 6.03. The maximum absolute atomic E-state index is 11.7. The number of hydrogen-bond acceptors (Lipinski definition) is 1. The molecular weight excluding hydrogens is 186 g/mol. The molecule has 1 N–H and O–H groups in total. The highest BCUT2D eigenvalue weighted by Crippen LogP contribution is 2.29. The summed E-state index contributed by atoms with van der Waals surface area (Å²) in [5.41, 5.74) is 4.43. The third-order valence-electron chi connectivity index (χ3n) is 3.17. The highest BCUT2D eigenvalue weighted by Gasteiger charge is 2.21. The summed E-state index contributed by atoms with van der Waals surface area (Å²) in [5, 5.41) is 1.23. The van der Waals surface area contributed by atoms with Crippen LogP contribution in [0.3, 0.4) is 0 Å². The van der Waals surface area contributed by atoms with E-state index in [0.717, 1.165) is 24.1 Å². The number of aromatic amines is 1. The van der Waals surface area contributed by atoms with E-state index < -0.39 is 0 Å². The predicted octanol–water partition coefficient (Wildman–Crippen LogP) is 3.00. The number of rotatable bonds is 0. The molecule has 0 saturated carbocycles. The van der Waals surface area contributed by atoms with Gasteiger partial charge in [-0.25, -0.2) is 0 Å². The summed E-state index contributed by atoms with van der Waals surface area (Å²) in [7, 11) is 0. The van der Waals surface area contributed by atoms with Gasteiger partial charge in [0.2, 0.25) is 0 Å². The monoisotopic (exact) mass is 199 g/mol. The fourth-order valence-electron chi connectivity index (χ4n) is 2.41. The smallest absolute Gasteiger partial charge is 0.179 e. The lowest BCUT2D eigenvalue weighted by molar-refractivity contribution is 0.0968. The molecule has 0 spiro atoms. The lowest BCUT2D eigenvalue weighted by Gasteiger charge is -2.09. The zero-order valence-corrected chi connectivity index (χ0v) is 8.76. The summed E-state index contributed by atoms with van der Waals surface area (Å²) in [6.45, 7) is 2.09. The average Bonchev–Trinajstić information content (AvgIpc) is 2.58. The predicted molar refractivity (Wildman–Crippen MR) is 60.3 cm³/mol. The molecule has 2 aromatic rings. The van der Waals surface area contributed by atoms with E-state index in [2.05, 4.69) is 30.1 Å². The average molecular weight is 199 g/mol. The molecule has 2 heteroatoms. The molecule has 0 aliphatic heterocycles. The van der Waals surface area contributed by atoms with E-state index >= 15 is 0 Å². The zero-order valence-electron chi connectivity index (χ0n) is 8.76. The van der Waals surface area contributed by atoms with Gasteiger partial charge in [-0.05, 0) is 37.5 Å². The van der Waals surface area contributed by atoms with Crippen molar-refractivity contribution in [3.05, 3.63) is 35.0 Å². The van der Waals surface area contributed by atoms with E-state index in [9.17, 15) is 4.79 Å². The number of fused-ring (bicyclic) bond motifs is 3. The van der Waals surface area contributed by atoms with Crippen molar-refractivity contribution >= 4 is 16.7 Å². The summed E-state index contributed by atoms with van der Waals surface area (Å²) in [5.74, 6) is 0.269. The first-order chi connectivity index (χ1) is 7.25. The van der Waals surface area contributed by atoms with Crippen LogP contribution in [0.4, 0.5) is 0 Å². The third-order valence-corrected chi connectivity index (χ3v) is 3.17. The Labute approximate surface area is 88.3 Å². The van der Waals surface area contributed by atoms with Gasteiger partial charge < -0.3 is 4.98 Å². The van der Waals surface area contributed by atoms with Crippen LogP contribution < -0.4 is 0 Å². The van der Waals surface area contributed by atoms with Crippen LogP contribution in [0.15, 0.2) is 18.2 Å². The van der Waals surface area contributed by atoms with Gasteiger partial charge in [0.05, 0.1) is 5.69 Å². The molecular formula is C13H13NO. The Morgan fingerprint density at radius 2 is 2.13 bits per heavy atom. The van der Waals surface area contributed by atoms with Gasteiger partial charge >= 0.3 is 0 Å². The summed E-state index contributed by atoms with van der Waals surface area (Å²) >= 11 is 0. The number of Topliss-reactive ketones (excluding diaryl/α,β-unsaturated/α-hetero) is 1. The molecule has 0 radical (unpaired) electrons. The van der Waals surface area contributed by atoms with Crippen molar-refractivity contribution in [1.82, 2.24) is 4.98 Å². The second-order valence-corrected chi connectivity index (χ2v) is 4.30. The molecule has 0 amide bonds. The van der Waals surface area contributed by atoms with E-state index in [-0.39, 0.29) is 5.78 Å². The van der Waals surface area contributed by atoms with E-state index in [1.165, 1.54) is 16.5 Å². The van der Waals surface area contributed by atoms with Crippen LogP contribution in [0.2, 0.25) is 0 Å². The fraction of sp³-hybridized carbons (Fsp3) is 0.308. The van der Waals surface area contributed by atoms with Crippen molar-refractivity contribution < 1.29 is 4.79 Å². The van der Waals surface area contributed by atoms with E-state index in [0.29, 0.717) is 6.42 Å². The number of carbonyl (C=O) groups excluding carboxylic acids is 1. The van der Waals surface area contributed by atoms with Crippen LogP contribution in [-0.4, -0.2) is 10.8 Å². The minimum atomic E-state index is 0.269. The van der Waals surface area contributed by atoms with Crippen LogP contribution in [-0.2, 0) is 6.42 Å². The minimum absolute atomic E-state index is 0.269. The van der Waals surface area contributed by atoms with Gasteiger partial charge in [0, 0.05) is 17.3 Å². The summed E-state index contributed by atoms with van der Waals surface area (Å²) in [6, 6.07) is 6.31. The Morgan fingerprint density at radius 1 is 1.27 bits per heavy atom.